The van der Waals surface area contributed by atoms with Gasteiger partial charge in [-0.15, -0.1) is 0 Å². The number of benzene rings is 1. The average Bonchev–Trinajstić information content (AvgIpc) is 3.17. The van der Waals surface area contributed by atoms with Gasteiger partial charge in [0.05, 0.1) is 24.7 Å². The highest BCUT2D eigenvalue weighted by atomic mass is 19.1. The maximum absolute atomic E-state index is 13.1. The van der Waals surface area contributed by atoms with Gasteiger partial charge in [-0.1, -0.05) is 12.1 Å². The van der Waals surface area contributed by atoms with E-state index in [9.17, 15) is 9.18 Å². The summed E-state index contributed by atoms with van der Waals surface area (Å²) in [5.41, 5.74) is 1.70. The lowest BCUT2D eigenvalue weighted by atomic mass is 10.0. The number of carbonyl (C=O) groups excluding carboxylic acids is 1. The summed E-state index contributed by atoms with van der Waals surface area (Å²) in [6.45, 7) is 3.19. The Bertz CT molecular complexity index is 787. The zero-order valence-corrected chi connectivity index (χ0v) is 16.0. The molecule has 1 saturated heterocycles. The molecule has 1 aromatic carbocycles. The summed E-state index contributed by atoms with van der Waals surface area (Å²) in [4.78, 5) is 20.7. The fraction of sp³-hybridized carbons (Fsp3) is 0.450. The molecule has 28 heavy (non-hydrogen) atoms. The molecule has 0 saturated carbocycles. The largest absolute Gasteiger partial charge is 0.376 e. The van der Waals surface area contributed by atoms with E-state index in [1.165, 1.54) is 18.5 Å². The number of rotatable bonds is 8. The summed E-state index contributed by atoms with van der Waals surface area (Å²) in [5.74, 6) is 0.169. The van der Waals surface area contributed by atoms with Crippen molar-refractivity contribution in [2.75, 3.05) is 32.1 Å². The number of aryl methyl sites for hydroxylation is 1. The lowest BCUT2D eigenvalue weighted by Gasteiger charge is -2.18. The molecule has 1 aliphatic rings. The van der Waals surface area contributed by atoms with Crippen molar-refractivity contribution in [3.63, 3.8) is 0 Å². The van der Waals surface area contributed by atoms with Crippen LogP contribution in [-0.2, 0) is 14.3 Å². The molecule has 1 fully saturated rings. The van der Waals surface area contributed by atoms with E-state index in [1.54, 1.807) is 19.2 Å². The summed E-state index contributed by atoms with van der Waals surface area (Å²) < 4.78 is 24.2. The maximum atomic E-state index is 13.1. The third-order valence-electron chi connectivity index (χ3n) is 4.75. The Morgan fingerprint density at radius 3 is 2.86 bits per heavy atom. The number of halogens is 1. The predicted octanol–water partition coefficient (Wildman–Crippen LogP) is 2.25. The third-order valence-corrected chi connectivity index (χ3v) is 4.75. The first-order chi connectivity index (χ1) is 13.5. The Hall–Kier alpha value is -2.58. The highest BCUT2D eigenvalue weighted by molar-refractivity contribution is 5.79. The van der Waals surface area contributed by atoms with Crippen LogP contribution in [-0.4, -0.2) is 48.8 Å². The van der Waals surface area contributed by atoms with Crippen molar-refractivity contribution in [1.29, 1.82) is 0 Å². The fourth-order valence-corrected chi connectivity index (χ4v) is 3.15. The highest BCUT2D eigenvalue weighted by Gasteiger charge is 2.31. The van der Waals surface area contributed by atoms with E-state index in [0.29, 0.717) is 26.1 Å². The van der Waals surface area contributed by atoms with E-state index in [1.807, 2.05) is 13.0 Å². The summed E-state index contributed by atoms with van der Waals surface area (Å²) in [6, 6.07) is 7.94. The molecule has 7 nitrogen and oxygen atoms in total. The molecule has 150 valence electrons. The number of nitrogens with one attached hydrogen (secondary N) is 2. The number of anilines is 1. The van der Waals surface area contributed by atoms with Crippen molar-refractivity contribution >= 4 is 11.7 Å². The van der Waals surface area contributed by atoms with Crippen LogP contribution in [0.5, 0.6) is 0 Å². The Morgan fingerprint density at radius 1 is 1.36 bits per heavy atom. The molecule has 0 aliphatic carbocycles. The van der Waals surface area contributed by atoms with Gasteiger partial charge in [0.15, 0.2) is 0 Å². The molecule has 2 N–H and O–H groups in total. The van der Waals surface area contributed by atoms with Gasteiger partial charge >= 0.3 is 0 Å². The minimum absolute atomic E-state index is 0.0543. The van der Waals surface area contributed by atoms with Gasteiger partial charge in [-0.25, -0.2) is 14.4 Å². The second-order valence-corrected chi connectivity index (χ2v) is 6.83. The van der Waals surface area contributed by atoms with Gasteiger partial charge in [0.2, 0.25) is 5.91 Å². The summed E-state index contributed by atoms with van der Waals surface area (Å²) in [6.07, 6.45) is 1.76. The number of nitrogens with zero attached hydrogens (tertiary/aromatic N) is 2. The van der Waals surface area contributed by atoms with E-state index >= 15 is 0 Å². The monoisotopic (exact) mass is 388 g/mol. The molecule has 3 rings (SSSR count). The molecule has 1 aliphatic heterocycles. The number of hydrogen-bond donors (Lipinski definition) is 2. The van der Waals surface area contributed by atoms with Crippen molar-refractivity contribution in [2.24, 2.45) is 5.92 Å². The van der Waals surface area contributed by atoms with Gasteiger partial charge in [-0.05, 0) is 31.0 Å². The van der Waals surface area contributed by atoms with E-state index in [0.717, 1.165) is 17.1 Å². The van der Waals surface area contributed by atoms with Gasteiger partial charge in [-0.3, -0.25) is 4.79 Å². The minimum atomic E-state index is -0.328. The summed E-state index contributed by atoms with van der Waals surface area (Å²) >= 11 is 0. The minimum Gasteiger partial charge on any atom is -0.376 e. The molecule has 8 heteroatoms. The molecule has 0 radical (unpaired) electrons. The molecule has 1 unspecified atom stereocenters. The van der Waals surface area contributed by atoms with Crippen LogP contribution in [0.3, 0.4) is 0 Å². The highest BCUT2D eigenvalue weighted by Crippen LogP contribution is 2.21. The molecular weight excluding hydrogens is 363 g/mol. The van der Waals surface area contributed by atoms with Crippen LogP contribution < -0.4 is 10.6 Å². The molecule has 2 aromatic rings. The second-order valence-electron chi connectivity index (χ2n) is 6.83. The second kappa shape index (κ2) is 9.57. The summed E-state index contributed by atoms with van der Waals surface area (Å²) in [7, 11) is 1.56. The predicted molar refractivity (Wildman–Crippen MR) is 102 cm³/mol. The summed E-state index contributed by atoms with van der Waals surface area (Å²) in [5, 5.41) is 6.13. The van der Waals surface area contributed by atoms with Crippen LogP contribution in [0.15, 0.2) is 36.7 Å². The van der Waals surface area contributed by atoms with E-state index in [-0.39, 0.29) is 29.9 Å². The Labute approximate surface area is 163 Å². The fourth-order valence-electron chi connectivity index (χ4n) is 3.15. The molecule has 3 atom stereocenters. The standard InChI is InChI=1S/C20H25FN4O3/c1-13-7-19(25-12-24-13)22-9-17-8-15(11-28-17)20(26)23-10-18(27-2)14-3-5-16(21)6-4-14/h3-7,12,15,17-18H,8-11H2,1-2H3,(H,23,26)(H,22,24,25)/t15-,17-,18?/m0/s1. The SMILES string of the molecule is COC(CNC(=O)[C@@H]1CO[C@H](CNc2cc(C)ncn2)C1)c1ccc(F)cc1. The first-order valence-corrected chi connectivity index (χ1v) is 9.25. The number of ether oxygens (including phenoxy) is 2. The van der Waals surface area contributed by atoms with Gasteiger partial charge in [0, 0.05) is 32.0 Å². The molecule has 2 heterocycles. The van der Waals surface area contributed by atoms with Crippen LogP contribution in [0.1, 0.15) is 23.8 Å². The Kier molecular flexibility index (Phi) is 6.89. The normalized spacial score (nSPS) is 20.0. The van der Waals surface area contributed by atoms with Crippen molar-refractivity contribution in [2.45, 2.75) is 25.6 Å². The maximum Gasteiger partial charge on any atom is 0.225 e. The van der Waals surface area contributed by atoms with Crippen LogP contribution in [0, 0.1) is 18.7 Å². The first-order valence-electron chi connectivity index (χ1n) is 9.25. The molecule has 1 amide bonds. The quantitative estimate of drug-likeness (QED) is 0.722. The van der Waals surface area contributed by atoms with Crippen LogP contribution in [0.4, 0.5) is 10.2 Å². The molecule has 0 spiro atoms. The average molecular weight is 388 g/mol. The number of carbonyl (C=O) groups is 1. The smallest absolute Gasteiger partial charge is 0.225 e. The zero-order chi connectivity index (χ0) is 19.9. The third kappa shape index (κ3) is 5.46. The number of methoxy groups -OCH3 is 1. The Morgan fingerprint density at radius 2 is 2.14 bits per heavy atom. The van der Waals surface area contributed by atoms with Gasteiger partial charge in [0.25, 0.3) is 0 Å². The van der Waals surface area contributed by atoms with E-state index in [4.69, 9.17) is 9.47 Å². The van der Waals surface area contributed by atoms with Gasteiger partial charge in [-0.2, -0.15) is 0 Å². The molecular formula is C20H25FN4O3. The van der Waals surface area contributed by atoms with E-state index in [2.05, 4.69) is 20.6 Å². The van der Waals surface area contributed by atoms with E-state index < -0.39 is 0 Å². The molecule has 1 aromatic heterocycles. The van der Waals surface area contributed by atoms with Gasteiger partial charge in [0.1, 0.15) is 18.0 Å². The lowest BCUT2D eigenvalue weighted by molar-refractivity contribution is -0.125. The van der Waals surface area contributed by atoms with Crippen LogP contribution >= 0.6 is 0 Å². The molecule has 0 bridgehead atoms. The number of hydrogen-bond acceptors (Lipinski definition) is 6. The Balaban J connectivity index is 1.44. The van der Waals surface area contributed by atoms with Crippen LogP contribution in [0.25, 0.3) is 0 Å². The zero-order valence-electron chi connectivity index (χ0n) is 16.0. The number of aromatic nitrogens is 2. The topological polar surface area (TPSA) is 85.4 Å². The lowest BCUT2D eigenvalue weighted by Crippen LogP contribution is -2.34. The van der Waals surface area contributed by atoms with Gasteiger partial charge < -0.3 is 20.1 Å². The van der Waals surface area contributed by atoms with Crippen molar-refractivity contribution in [3.05, 3.63) is 53.7 Å². The van der Waals surface area contributed by atoms with Crippen molar-refractivity contribution in [1.82, 2.24) is 15.3 Å². The van der Waals surface area contributed by atoms with Crippen molar-refractivity contribution in [3.8, 4) is 0 Å². The van der Waals surface area contributed by atoms with Crippen LogP contribution in [0.2, 0.25) is 0 Å². The number of amides is 1. The first kappa shape index (κ1) is 20.2. The van der Waals surface area contributed by atoms with Crippen molar-refractivity contribution < 1.29 is 18.7 Å².